The maximum absolute atomic E-state index is 11.8. The third kappa shape index (κ3) is 2.72. The number of ether oxygens (including phenoxy) is 1. The second-order valence-electron chi connectivity index (χ2n) is 4.94. The number of hydrogen-bond acceptors (Lipinski definition) is 5. The quantitative estimate of drug-likeness (QED) is 0.810. The van der Waals surface area contributed by atoms with Crippen LogP contribution in [-0.2, 0) is 9.53 Å². The molecule has 1 aromatic rings. The molecule has 0 aliphatic heterocycles. The summed E-state index contributed by atoms with van der Waals surface area (Å²) in [6, 6.07) is 1.74. The van der Waals surface area contributed by atoms with Crippen LogP contribution < -0.4 is 5.32 Å². The van der Waals surface area contributed by atoms with Gasteiger partial charge in [-0.15, -0.1) is 0 Å². The van der Waals surface area contributed by atoms with E-state index in [-0.39, 0.29) is 5.97 Å². The van der Waals surface area contributed by atoms with Crippen molar-refractivity contribution >= 4 is 11.9 Å². The molecule has 17 heavy (non-hydrogen) atoms. The summed E-state index contributed by atoms with van der Waals surface area (Å²) >= 11 is 0. The van der Waals surface area contributed by atoms with E-state index in [0.29, 0.717) is 5.95 Å². The monoisotopic (exact) mass is 237 g/mol. The fraction of sp³-hybridized carbons (Fsp3) is 0.583. The average molecular weight is 237 g/mol. The van der Waals surface area contributed by atoms with E-state index in [0.717, 1.165) is 0 Å². The minimum atomic E-state index is -0.694. The first-order valence-electron chi connectivity index (χ1n) is 5.45. The highest BCUT2D eigenvalue weighted by atomic mass is 16.5. The minimum absolute atomic E-state index is 0.272. The maximum Gasteiger partial charge on any atom is 0.313 e. The fourth-order valence-corrected chi connectivity index (χ4v) is 1.31. The standard InChI is InChI=1S/C12H19N3O2/c1-11(2,9(16)17-5)12(3,4)15-10-13-7-6-8-14-10/h6-8H,1-5H3,(H,13,14,15). The number of hydrogen-bond donors (Lipinski definition) is 1. The van der Waals surface area contributed by atoms with Crippen LogP contribution in [0.2, 0.25) is 0 Å². The highest BCUT2D eigenvalue weighted by molar-refractivity contribution is 5.78. The Bertz CT molecular complexity index is 388. The molecule has 0 fully saturated rings. The molecule has 94 valence electrons. The number of anilines is 1. The average Bonchev–Trinajstić information content (AvgIpc) is 2.28. The Hall–Kier alpha value is -1.65. The van der Waals surface area contributed by atoms with E-state index in [9.17, 15) is 4.79 Å². The summed E-state index contributed by atoms with van der Waals surface area (Å²) in [4.78, 5) is 19.9. The molecule has 0 spiro atoms. The summed E-state index contributed by atoms with van der Waals surface area (Å²) in [6.07, 6.45) is 3.30. The van der Waals surface area contributed by atoms with Crippen LogP contribution in [0.5, 0.6) is 0 Å². The topological polar surface area (TPSA) is 64.1 Å². The molecular formula is C12H19N3O2. The van der Waals surface area contributed by atoms with Crippen molar-refractivity contribution in [2.24, 2.45) is 5.41 Å². The zero-order valence-electron chi connectivity index (χ0n) is 10.9. The van der Waals surface area contributed by atoms with Gasteiger partial charge in [0.25, 0.3) is 0 Å². The zero-order valence-corrected chi connectivity index (χ0v) is 10.9. The predicted molar refractivity (Wildman–Crippen MR) is 65.5 cm³/mol. The van der Waals surface area contributed by atoms with Crippen LogP contribution in [-0.4, -0.2) is 28.6 Å². The lowest BCUT2D eigenvalue weighted by Crippen LogP contribution is -2.51. The van der Waals surface area contributed by atoms with Crippen molar-refractivity contribution in [1.29, 1.82) is 0 Å². The third-order valence-electron chi connectivity index (χ3n) is 3.25. The highest BCUT2D eigenvalue weighted by Gasteiger charge is 2.44. The molecule has 0 amide bonds. The van der Waals surface area contributed by atoms with E-state index in [2.05, 4.69) is 15.3 Å². The molecule has 5 nitrogen and oxygen atoms in total. The van der Waals surface area contributed by atoms with Crippen LogP contribution in [0.3, 0.4) is 0 Å². The Labute approximate surface area is 102 Å². The van der Waals surface area contributed by atoms with Gasteiger partial charge < -0.3 is 10.1 Å². The number of carbonyl (C=O) groups is 1. The summed E-state index contributed by atoms with van der Waals surface area (Å²) in [6.45, 7) is 7.49. The second kappa shape index (κ2) is 4.69. The van der Waals surface area contributed by atoms with Crippen LogP contribution in [0.1, 0.15) is 27.7 Å². The van der Waals surface area contributed by atoms with Gasteiger partial charge in [-0.1, -0.05) is 0 Å². The van der Waals surface area contributed by atoms with Crippen LogP contribution in [0.25, 0.3) is 0 Å². The number of rotatable bonds is 4. The van der Waals surface area contributed by atoms with Crippen molar-refractivity contribution < 1.29 is 9.53 Å². The molecule has 5 heteroatoms. The van der Waals surface area contributed by atoms with Gasteiger partial charge in [0.05, 0.1) is 18.1 Å². The Balaban J connectivity index is 2.92. The van der Waals surface area contributed by atoms with E-state index >= 15 is 0 Å². The molecule has 0 aliphatic carbocycles. The SMILES string of the molecule is COC(=O)C(C)(C)C(C)(C)Nc1ncccn1. The summed E-state index contributed by atoms with van der Waals surface area (Å²) in [5.74, 6) is 0.223. The lowest BCUT2D eigenvalue weighted by molar-refractivity contribution is -0.153. The summed E-state index contributed by atoms with van der Waals surface area (Å²) < 4.78 is 4.82. The highest BCUT2D eigenvalue weighted by Crippen LogP contribution is 2.33. The van der Waals surface area contributed by atoms with Crippen molar-refractivity contribution in [3.05, 3.63) is 18.5 Å². The molecule has 1 N–H and O–H groups in total. The fourth-order valence-electron chi connectivity index (χ4n) is 1.31. The molecule has 1 rings (SSSR count). The number of methoxy groups -OCH3 is 1. The predicted octanol–water partition coefficient (Wildman–Crippen LogP) is 1.87. The van der Waals surface area contributed by atoms with Gasteiger partial charge in [-0.05, 0) is 33.8 Å². The molecule has 0 bridgehead atoms. The maximum atomic E-state index is 11.8. The molecule has 0 radical (unpaired) electrons. The normalized spacial score (nSPS) is 12.1. The second-order valence-corrected chi connectivity index (χ2v) is 4.94. The van der Waals surface area contributed by atoms with Gasteiger partial charge in [0, 0.05) is 12.4 Å². The van der Waals surface area contributed by atoms with Gasteiger partial charge in [-0.25, -0.2) is 9.97 Å². The Morgan fingerprint density at radius 3 is 2.24 bits per heavy atom. The number of carbonyl (C=O) groups excluding carboxylic acids is 1. The van der Waals surface area contributed by atoms with Crippen LogP contribution >= 0.6 is 0 Å². The van der Waals surface area contributed by atoms with Crippen LogP contribution in [0.15, 0.2) is 18.5 Å². The summed E-state index contributed by atoms with van der Waals surface area (Å²) in [5, 5.41) is 3.15. The molecule has 1 heterocycles. The van der Waals surface area contributed by atoms with Crippen molar-refractivity contribution in [2.75, 3.05) is 12.4 Å². The number of esters is 1. The zero-order chi connectivity index (χ0) is 13.1. The van der Waals surface area contributed by atoms with Crippen molar-refractivity contribution in [3.8, 4) is 0 Å². The first-order valence-corrected chi connectivity index (χ1v) is 5.45. The Morgan fingerprint density at radius 1 is 1.24 bits per heavy atom. The smallest absolute Gasteiger partial charge is 0.313 e. The van der Waals surface area contributed by atoms with Crippen LogP contribution in [0.4, 0.5) is 5.95 Å². The van der Waals surface area contributed by atoms with E-state index in [1.54, 1.807) is 18.5 Å². The lowest BCUT2D eigenvalue weighted by atomic mass is 9.74. The summed E-state index contributed by atoms with van der Waals surface area (Å²) in [5.41, 5.74) is -1.22. The van der Waals surface area contributed by atoms with Gasteiger partial charge in [-0.3, -0.25) is 4.79 Å². The molecule has 0 saturated carbocycles. The number of nitrogens with one attached hydrogen (secondary N) is 1. The molecule has 0 saturated heterocycles. The van der Waals surface area contributed by atoms with E-state index < -0.39 is 11.0 Å². The van der Waals surface area contributed by atoms with E-state index in [1.807, 2.05) is 27.7 Å². The molecule has 0 unspecified atom stereocenters. The minimum Gasteiger partial charge on any atom is -0.469 e. The van der Waals surface area contributed by atoms with Gasteiger partial charge in [0.1, 0.15) is 0 Å². The van der Waals surface area contributed by atoms with Crippen molar-refractivity contribution in [1.82, 2.24) is 9.97 Å². The molecule has 0 aliphatic rings. The van der Waals surface area contributed by atoms with E-state index in [4.69, 9.17) is 4.74 Å². The molecular weight excluding hydrogens is 218 g/mol. The van der Waals surface area contributed by atoms with Gasteiger partial charge in [0.2, 0.25) is 5.95 Å². The first kappa shape index (κ1) is 13.4. The largest absolute Gasteiger partial charge is 0.469 e. The Morgan fingerprint density at radius 2 is 1.76 bits per heavy atom. The molecule has 0 atom stereocenters. The molecule has 0 aromatic carbocycles. The third-order valence-corrected chi connectivity index (χ3v) is 3.25. The van der Waals surface area contributed by atoms with Gasteiger partial charge in [0.15, 0.2) is 0 Å². The van der Waals surface area contributed by atoms with Crippen molar-refractivity contribution in [2.45, 2.75) is 33.2 Å². The van der Waals surface area contributed by atoms with Crippen LogP contribution in [0, 0.1) is 5.41 Å². The summed E-state index contributed by atoms with van der Waals surface area (Å²) in [7, 11) is 1.39. The first-order chi connectivity index (χ1) is 7.81. The van der Waals surface area contributed by atoms with Gasteiger partial charge >= 0.3 is 5.97 Å². The lowest BCUT2D eigenvalue weighted by Gasteiger charge is -2.39. The number of aromatic nitrogens is 2. The Kier molecular flexibility index (Phi) is 3.70. The van der Waals surface area contributed by atoms with E-state index in [1.165, 1.54) is 7.11 Å². The van der Waals surface area contributed by atoms with Gasteiger partial charge in [-0.2, -0.15) is 0 Å². The number of nitrogens with zero attached hydrogens (tertiary/aromatic N) is 2. The molecule has 1 aromatic heterocycles. The van der Waals surface area contributed by atoms with Crippen molar-refractivity contribution in [3.63, 3.8) is 0 Å².